The molecule has 1 aromatic carbocycles. The monoisotopic (exact) mass is 353 g/mol. The van der Waals surface area contributed by atoms with E-state index in [0.29, 0.717) is 49.7 Å². The number of carbonyl (C=O) groups excluding carboxylic acids is 1. The predicted octanol–water partition coefficient (Wildman–Crippen LogP) is 1.16. The zero-order valence-corrected chi connectivity index (χ0v) is 14.2. The number of nitrogens with two attached hydrogens (primary N) is 1. The van der Waals surface area contributed by atoms with E-state index >= 15 is 0 Å². The maximum absolute atomic E-state index is 12.3. The van der Waals surface area contributed by atoms with Crippen LogP contribution in [0.3, 0.4) is 0 Å². The second-order valence-corrected chi connectivity index (χ2v) is 5.64. The molecule has 0 amide bonds. The molecule has 0 saturated heterocycles. The Kier molecular flexibility index (Phi) is 5.94. The Balaban J connectivity index is 1.54. The van der Waals surface area contributed by atoms with Crippen LogP contribution in [0.15, 0.2) is 43.0 Å². The van der Waals surface area contributed by atoms with E-state index < -0.39 is 0 Å². The fourth-order valence-corrected chi connectivity index (χ4v) is 2.39. The lowest BCUT2D eigenvalue weighted by molar-refractivity contribution is 0.0978. The van der Waals surface area contributed by atoms with Gasteiger partial charge in [0.05, 0.1) is 5.69 Å². The van der Waals surface area contributed by atoms with Crippen LogP contribution in [0.25, 0.3) is 0 Å². The highest BCUT2D eigenvalue weighted by Gasteiger charge is 2.08. The summed E-state index contributed by atoms with van der Waals surface area (Å²) >= 11 is 0. The van der Waals surface area contributed by atoms with Crippen molar-refractivity contribution in [1.82, 2.24) is 30.2 Å². The highest BCUT2D eigenvalue weighted by molar-refractivity contribution is 5.96. The van der Waals surface area contributed by atoms with Crippen LogP contribution in [0.2, 0.25) is 0 Å². The summed E-state index contributed by atoms with van der Waals surface area (Å²) < 4.78 is 7.26. The second-order valence-electron chi connectivity index (χ2n) is 5.64. The minimum absolute atomic E-state index is 0.0763. The normalized spacial score (nSPS) is 10.7. The van der Waals surface area contributed by atoms with Crippen molar-refractivity contribution in [3.05, 3.63) is 59.8 Å². The molecule has 0 aliphatic rings. The smallest absolute Gasteiger partial charge is 0.216 e. The summed E-state index contributed by atoms with van der Waals surface area (Å²) in [6.45, 7) is 1.25. The third-order valence-electron chi connectivity index (χ3n) is 3.73. The Morgan fingerprint density at radius 3 is 2.96 bits per heavy atom. The summed E-state index contributed by atoms with van der Waals surface area (Å²) in [5.41, 5.74) is 7.82. The number of rotatable bonds is 9. The molecule has 3 rings (SSSR count). The van der Waals surface area contributed by atoms with Gasteiger partial charge in [0.1, 0.15) is 19.3 Å². The third kappa shape index (κ3) is 4.90. The zero-order chi connectivity index (χ0) is 18.2. The number of carbonyl (C=O) groups is 1. The fourth-order valence-electron chi connectivity index (χ4n) is 2.39. The SMILES string of the molecule is NCc1cc(OCc2cccc(C(=O)CCCn3cnnn3)c2)ncn1. The van der Waals surface area contributed by atoms with Gasteiger partial charge in [-0.1, -0.05) is 18.2 Å². The van der Waals surface area contributed by atoms with Crippen molar-refractivity contribution in [1.29, 1.82) is 0 Å². The Morgan fingerprint density at radius 1 is 1.23 bits per heavy atom. The highest BCUT2D eigenvalue weighted by atomic mass is 16.5. The van der Waals surface area contributed by atoms with Gasteiger partial charge in [0.25, 0.3) is 0 Å². The minimum Gasteiger partial charge on any atom is -0.473 e. The first kappa shape index (κ1) is 17.6. The first-order chi connectivity index (χ1) is 12.7. The zero-order valence-electron chi connectivity index (χ0n) is 14.2. The average molecular weight is 353 g/mol. The number of nitrogens with zero attached hydrogens (tertiary/aromatic N) is 6. The summed E-state index contributed by atoms with van der Waals surface area (Å²) in [4.78, 5) is 20.4. The lowest BCUT2D eigenvalue weighted by Gasteiger charge is -2.08. The lowest BCUT2D eigenvalue weighted by atomic mass is 10.0. The maximum atomic E-state index is 12.3. The van der Waals surface area contributed by atoms with Gasteiger partial charge in [-0.15, -0.1) is 5.10 Å². The molecule has 26 heavy (non-hydrogen) atoms. The van der Waals surface area contributed by atoms with Gasteiger partial charge in [0.2, 0.25) is 5.88 Å². The third-order valence-corrected chi connectivity index (χ3v) is 3.73. The van der Waals surface area contributed by atoms with Crippen molar-refractivity contribution in [3.63, 3.8) is 0 Å². The molecular formula is C17H19N7O2. The molecule has 0 unspecified atom stereocenters. The van der Waals surface area contributed by atoms with Crippen molar-refractivity contribution in [2.24, 2.45) is 5.73 Å². The Bertz CT molecular complexity index is 852. The number of Topliss-reactive ketones (excluding diaryl/α,β-unsaturated/α-hetero) is 1. The number of aryl methyl sites for hydroxylation is 1. The molecule has 9 nitrogen and oxygen atoms in total. The Hall–Kier alpha value is -3.20. The minimum atomic E-state index is 0.0763. The van der Waals surface area contributed by atoms with Crippen LogP contribution in [0.4, 0.5) is 0 Å². The summed E-state index contributed by atoms with van der Waals surface area (Å²) in [5.74, 6) is 0.533. The van der Waals surface area contributed by atoms with E-state index in [4.69, 9.17) is 10.5 Å². The molecule has 2 N–H and O–H groups in total. The molecular weight excluding hydrogens is 334 g/mol. The Labute approximate surface area is 150 Å². The van der Waals surface area contributed by atoms with Gasteiger partial charge in [0.15, 0.2) is 5.78 Å². The van der Waals surface area contributed by atoms with Gasteiger partial charge < -0.3 is 10.5 Å². The molecule has 0 aliphatic carbocycles. The molecule has 9 heteroatoms. The maximum Gasteiger partial charge on any atom is 0.216 e. The van der Waals surface area contributed by atoms with Crippen LogP contribution in [0.1, 0.15) is 34.5 Å². The van der Waals surface area contributed by atoms with Crippen LogP contribution in [0.5, 0.6) is 5.88 Å². The van der Waals surface area contributed by atoms with E-state index in [1.807, 2.05) is 18.2 Å². The van der Waals surface area contributed by atoms with Gasteiger partial charge in [-0.3, -0.25) is 4.79 Å². The largest absolute Gasteiger partial charge is 0.473 e. The molecule has 2 aromatic heterocycles. The van der Waals surface area contributed by atoms with Crippen LogP contribution in [-0.2, 0) is 19.7 Å². The van der Waals surface area contributed by atoms with Crippen LogP contribution < -0.4 is 10.5 Å². The number of ketones is 1. The predicted molar refractivity (Wildman–Crippen MR) is 92.1 cm³/mol. The number of tetrazole rings is 1. The van der Waals surface area contributed by atoms with Crippen molar-refractivity contribution in [3.8, 4) is 5.88 Å². The van der Waals surface area contributed by atoms with Crippen molar-refractivity contribution in [2.75, 3.05) is 0 Å². The summed E-state index contributed by atoms with van der Waals surface area (Å²) in [5, 5.41) is 10.9. The topological polar surface area (TPSA) is 122 Å². The highest BCUT2D eigenvalue weighted by Crippen LogP contribution is 2.13. The summed E-state index contributed by atoms with van der Waals surface area (Å²) in [7, 11) is 0. The second kappa shape index (κ2) is 8.77. The van der Waals surface area contributed by atoms with Crippen molar-refractivity contribution >= 4 is 5.78 Å². The van der Waals surface area contributed by atoms with Crippen LogP contribution in [0, 0.1) is 0 Å². The molecule has 0 atom stereocenters. The Morgan fingerprint density at radius 2 is 2.15 bits per heavy atom. The number of aromatic nitrogens is 6. The van der Waals surface area contributed by atoms with E-state index in [-0.39, 0.29) is 5.78 Å². The quantitative estimate of drug-likeness (QED) is 0.569. The van der Waals surface area contributed by atoms with E-state index in [0.717, 1.165) is 5.56 Å². The molecule has 0 spiro atoms. The molecule has 0 radical (unpaired) electrons. The molecule has 0 saturated carbocycles. The first-order valence-electron chi connectivity index (χ1n) is 8.21. The van der Waals surface area contributed by atoms with Gasteiger partial charge in [0, 0.05) is 31.1 Å². The molecule has 3 aromatic rings. The van der Waals surface area contributed by atoms with Gasteiger partial charge in [-0.2, -0.15) is 0 Å². The molecule has 0 aliphatic heterocycles. The van der Waals surface area contributed by atoms with E-state index in [1.165, 1.54) is 12.7 Å². The standard InChI is InChI=1S/C17H19N7O2/c18-9-15-8-17(20-11-19-15)26-10-13-3-1-4-14(7-13)16(25)5-2-6-24-12-21-22-23-24/h1,3-4,7-8,11-12H,2,5-6,9-10,18H2. The van der Waals surface area contributed by atoms with E-state index in [1.54, 1.807) is 16.8 Å². The van der Waals surface area contributed by atoms with E-state index in [9.17, 15) is 4.79 Å². The summed E-state index contributed by atoms with van der Waals surface area (Å²) in [6.07, 6.45) is 4.05. The van der Waals surface area contributed by atoms with Crippen molar-refractivity contribution < 1.29 is 9.53 Å². The van der Waals surface area contributed by atoms with Crippen molar-refractivity contribution in [2.45, 2.75) is 32.5 Å². The van der Waals surface area contributed by atoms with Gasteiger partial charge in [-0.25, -0.2) is 14.6 Å². The van der Waals surface area contributed by atoms with Gasteiger partial charge >= 0.3 is 0 Å². The van der Waals surface area contributed by atoms with Gasteiger partial charge in [-0.05, 0) is 28.5 Å². The average Bonchev–Trinajstić information content (AvgIpc) is 3.20. The molecule has 134 valence electrons. The van der Waals surface area contributed by atoms with Crippen LogP contribution >= 0.6 is 0 Å². The molecule has 2 heterocycles. The number of ether oxygens (including phenoxy) is 1. The van der Waals surface area contributed by atoms with Crippen LogP contribution in [-0.4, -0.2) is 36.0 Å². The number of benzene rings is 1. The molecule has 0 bridgehead atoms. The first-order valence-corrected chi connectivity index (χ1v) is 8.21. The summed E-state index contributed by atoms with van der Waals surface area (Å²) in [6, 6.07) is 9.10. The molecule has 0 fully saturated rings. The number of hydrogen-bond donors (Lipinski definition) is 1. The lowest BCUT2D eigenvalue weighted by Crippen LogP contribution is -2.06. The number of hydrogen-bond acceptors (Lipinski definition) is 8. The van der Waals surface area contributed by atoms with E-state index in [2.05, 4.69) is 25.5 Å². The fraction of sp³-hybridized carbons (Fsp3) is 0.294.